The van der Waals surface area contributed by atoms with Crippen LogP contribution in [-0.2, 0) is 5.75 Å². The Morgan fingerprint density at radius 3 is 2.87 bits per heavy atom. The number of aliphatic hydroxyl groups is 1. The SMILES string of the molecule is COc1cccc(CSC(C)CO)c1F. The fourth-order valence-corrected chi connectivity index (χ4v) is 1.90. The highest BCUT2D eigenvalue weighted by Gasteiger charge is 2.09. The molecule has 2 nitrogen and oxygen atoms in total. The first-order valence-electron chi connectivity index (χ1n) is 4.73. The highest BCUT2D eigenvalue weighted by molar-refractivity contribution is 7.99. The van der Waals surface area contributed by atoms with Crippen LogP contribution >= 0.6 is 11.8 Å². The number of halogens is 1. The molecule has 0 aliphatic rings. The summed E-state index contributed by atoms with van der Waals surface area (Å²) in [4.78, 5) is 0. The van der Waals surface area contributed by atoms with Crippen LogP contribution < -0.4 is 4.74 Å². The number of methoxy groups -OCH3 is 1. The second kappa shape index (κ2) is 5.98. The Kier molecular flexibility index (Phi) is 4.91. The molecule has 0 heterocycles. The Hall–Kier alpha value is -0.740. The number of aliphatic hydroxyl groups excluding tert-OH is 1. The maximum atomic E-state index is 13.6. The first kappa shape index (κ1) is 12.3. The standard InChI is InChI=1S/C11H15FO2S/c1-8(6-13)15-7-9-4-3-5-10(14-2)11(9)12/h3-5,8,13H,6-7H2,1-2H3. The van der Waals surface area contributed by atoms with Gasteiger partial charge in [-0.1, -0.05) is 19.1 Å². The average Bonchev–Trinajstić information content (AvgIpc) is 2.27. The van der Waals surface area contributed by atoms with Crippen molar-refractivity contribution in [3.63, 3.8) is 0 Å². The third-order valence-electron chi connectivity index (χ3n) is 2.04. The molecular weight excluding hydrogens is 215 g/mol. The quantitative estimate of drug-likeness (QED) is 0.842. The number of hydrogen-bond acceptors (Lipinski definition) is 3. The Labute approximate surface area is 93.5 Å². The maximum Gasteiger partial charge on any atom is 0.169 e. The fourth-order valence-electron chi connectivity index (χ4n) is 1.11. The molecule has 84 valence electrons. The van der Waals surface area contributed by atoms with Crippen molar-refractivity contribution in [3.05, 3.63) is 29.6 Å². The Morgan fingerprint density at radius 1 is 1.53 bits per heavy atom. The van der Waals surface area contributed by atoms with Gasteiger partial charge in [-0.15, -0.1) is 0 Å². The number of thioether (sulfide) groups is 1. The highest BCUT2D eigenvalue weighted by Crippen LogP contribution is 2.25. The van der Waals surface area contributed by atoms with E-state index < -0.39 is 0 Å². The first-order valence-corrected chi connectivity index (χ1v) is 5.77. The number of rotatable bonds is 5. The van der Waals surface area contributed by atoms with E-state index in [9.17, 15) is 4.39 Å². The second-order valence-corrected chi connectivity index (χ2v) is 4.66. The van der Waals surface area contributed by atoms with Crippen molar-refractivity contribution in [2.45, 2.75) is 17.9 Å². The number of hydrogen-bond donors (Lipinski definition) is 1. The van der Waals surface area contributed by atoms with Crippen LogP contribution in [-0.4, -0.2) is 24.1 Å². The Bertz CT molecular complexity index is 317. The molecule has 1 aromatic carbocycles. The van der Waals surface area contributed by atoms with Crippen LogP contribution in [0.5, 0.6) is 5.75 Å². The summed E-state index contributed by atoms with van der Waals surface area (Å²) in [7, 11) is 1.45. The van der Waals surface area contributed by atoms with Gasteiger partial charge in [-0.2, -0.15) is 11.8 Å². The molecule has 1 aromatic rings. The van der Waals surface area contributed by atoms with E-state index in [2.05, 4.69) is 0 Å². The second-order valence-electron chi connectivity index (χ2n) is 3.24. The van der Waals surface area contributed by atoms with Gasteiger partial charge in [0, 0.05) is 16.6 Å². The zero-order valence-corrected chi connectivity index (χ0v) is 9.68. The van der Waals surface area contributed by atoms with Crippen molar-refractivity contribution in [2.24, 2.45) is 0 Å². The van der Waals surface area contributed by atoms with Gasteiger partial charge < -0.3 is 9.84 Å². The van der Waals surface area contributed by atoms with Crippen LogP contribution in [0.1, 0.15) is 12.5 Å². The molecule has 0 aliphatic carbocycles. The van der Waals surface area contributed by atoms with E-state index in [1.807, 2.05) is 6.92 Å². The summed E-state index contributed by atoms with van der Waals surface area (Å²) in [6, 6.07) is 5.09. The molecule has 0 radical (unpaired) electrons. The smallest absolute Gasteiger partial charge is 0.169 e. The van der Waals surface area contributed by atoms with E-state index in [0.717, 1.165) is 0 Å². The van der Waals surface area contributed by atoms with Crippen LogP contribution in [0.2, 0.25) is 0 Å². The molecule has 0 amide bonds. The molecule has 0 bridgehead atoms. The highest BCUT2D eigenvalue weighted by atomic mass is 32.2. The van der Waals surface area contributed by atoms with Crippen molar-refractivity contribution in [1.82, 2.24) is 0 Å². The van der Waals surface area contributed by atoms with Gasteiger partial charge in [-0.25, -0.2) is 4.39 Å². The van der Waals surface area contributed by atoms with E-state index in [4.69, 9.17) is 9.84 Å². The summed E-state index contributed by atoms with van der Waals surface area (Å²) in [6.07, 6.45) is 0. The zero-order chi connectivity index (χ0) is 11.3. The lowest BCUT2D eigenvalue weighted by Gasteiger charge is -2.09. The molecule has 0 fully saturated rings. The molecule has 1 N–H and O–H groups in total. The van der Waals surface area contributed by atoms with E-state index in [0.29, 0.717) is 11.3 Å². The summed E-state index contributed by atoms with van der Waals surface area (Å²) in [5.74, 6) is 0.507. The number of benzene rings is 1. The third kappa shape index (κ3) is 3.39. The maximum absolute atomic E-state index is 13.6. The van der Waals surface area contributed by atoms with Gasteiger partial charge in [0.2, 0.25) is 0 Å². The summed E-state index contributed by atoms with van der Waals surface area (Å²) < 4.78 is 18.5. The van der Waals surface area contributed by atoms with Crippen LogP contribution in [0, 0.1) is 5.82 Å². The van der Waals surface area contributed by atoms with Gasteiger partial charge in [-0.05, 0) is 6.07 Å². The normalized spacial score (nSPS) is 12.5. The van der Waals surface area contributed by atoms with Crippen molar-refractivity contribution in [3.8, 4) is 5.75 Å². The van der Waals surface area contributed by atoms with Crippen LogP contribution in [0.15, 0.2) is 18.2 Å². The lowest BCUT2D eigenvalue weighted by molar-refractivity contribution is 0.300. The molecule has 15 heavy (non-hydrogen) atoms. The van der Waals surface area contributed by atoms with Gasteiger partial charge in [0.1, 0.15) is 0 Å². The van der Waals surface area contributed by atoms with Gasteiger partial charge in [0.15, 0.2) is 11.6 Å². The molecular formula is C11H15FO2S. The van der Waals surface area contributed by atoms with E-state index in [1.54, 1.807) is 18.2 Å². The lowest BCUT2D eigenvalue weighted by atomic mass is 10.2. The van der Waals surface area contributed by atoms with Crippen molar-refractivity contribution >= 4 is 11.8 Å². The first-order chi connectivity index (χ1) is 7.19. The van der Waals surface area contributed by atoms with Crippen molar-refractivity contribution in [2.75, 3.05) is 13.7 Å². The minimum absolute atomic E-state index is 0.107. The largest absolute Gasteiger partial charge is 0.494 e. The molecule has 0 aromatic heterocycles. The lowest BCUT2D eigenvalue weighted by Crippen LogP contribution is -2.03. The van der Waals surface area contributed by atoms with Crippen molar-refractivity contribution < 1.29 is 14.2 Å². The van der Waals surface area contributed by atoms with Crippen molar-refractivity contribution in [1.29, 1.82) is 0 Å². The average molecular weight is 230 g/mol. The molecule has 1 rings (SSSR count). The zero-order valence-electron chi connectivity index (χ0n) is 8.87. The van der Waals surface area contributed by atoms with Gasteiger partial charge >= 0.3 is 0 Å². The van der Waals surface area contributed by atoms with Crippen LogP contribution in [0.3, 0.4) is 0 Å². The van der Waals surface area contributed by atoms with Crippen LogP contribution in [0.25, 0.3) is 0 Å². The Morgan fingerprint density at radius 2 is 2.27 bits per heavy atom. The molecule has 0 spiro atoms. The summed E-state index contributed by atoms with van der Waals surface area (Å²) >= 11 is 1.52. The minimum atomic E-state index is -0.308. The minimum Gasteiger partial charge on any atom is -0.494 e. The van der Waals surface area contributed by atoms with Gasteiger partial charge in [-0.3, -0.25) is 0 Å². The predicted octanol–water partition coefficient (Wildman–Crippen LogP) is 2.45. The Balaban J connectivity index is 2.68. The summed E-state index contributed by atoms with van der Waals surface area (Å²) in [6.45, 7) is 2.01. The third-order valence-corrected chi connectivity index (χ3v) is 3.24. The van der Waals surface area contributed by atoms with E-state index in [-0.39, 0.29) is 23.4 Å². The molecule has 0 aliphatic heterocycles. The monoisotopic (exact) mass is 230 g/mol. The van der Waals surface area contributed by atoms with Gasteiger partial charge in [0.05, 0.1) is 13.7 Å². The molecule has 4 heteroatoms. The summed E-state index contributed by atoms with van der Waals surface area (Å²) in [5, 5.41) is 8.96. The van der Waals surface area contributed by atoms with Gasteiger partial charge in [0.25, 0.3) is 0 Å². The number of ether oxygens (including phenoxy) is 1. The van der Waals surface area contributed by atoms with E-state index in [1.165, 1.54) is 18.9 Å². The molecule has 0 saturated heterocycles. The molecule has 0 saturated carbocycles. The predicted molar refractivity (Wildman–Crippen MR) is 60.8 cm³/mol. The summed E-state index contributed by atoms with van der Waals surface area (Å²) in [5.41, 5.74) is 0.611. The van der Waals surface area contributed by atoms with E-state index >= 15 is 0 Å². The molecule has 1 unspecified atom stereocenters. The molecule has 1 atom stereocenters. The fraction of sp³-hybridized carbons (Fsp3) is 0.455. The topological polar surface area (TPSA) is 29.5 Å². The van der Waals surface area contributed by atoms with Crippen LogP contribution in [0.4, 0.5) is 4.39 Å².